The van der Waals surface area contributed by atoms with Gasteiger partial charge in [0.05, 0.1) is 6.54 Å². The fourth-order valence-corrected chi connectivity index (χ4v) is 2.44. The molecule has 1 heterocycles. The van der Waals surface area contributed by atoms with E-state index >= 15 is 0 Å². The molecule has 112 valence electrons. The van der Waals surface area contributed by atoms with Crippen molar-refractivity contribution < 1.29 is 9.21 Å². The smallest absolute Gasteiger partial charge is 0.222 e. The monoisotopic (exact) mass is 350 g/mol. The van der Waals surface area contributed by atoms with E-state index in [0.717, 1.165) is 11.3 Å². The Bertz CT molecular complexity index is 583. The van der Waals surface area contributed by atoms with Gasteiger partial charge in [-0.2, -0.15) is 0 Å². The molecular formula is C16H19BrN2O2. The van der Waals surface area contributed by atoms with Gasteiger partial charge in [0.1, 0.15) is 5.76 Å². The SMILES string of the molecule is CN(Cc1ccc(Br)o1)C(=O)CCC(N)c1ccccc1. The lowest BCUT2D eigenvalue weighted by molar-refractivity contribution is -0.130. The first-order valence-electron chi connectivity index (χ1n) is 6.85. The Morgan fingerprint density at radius 2 is 2.00 bits per heavy atom. The quantitative estimate of drug-likeness (QED) is 0.867. The van der Waals surface area contributed by atoms with Crippen LogP contribution in [0.25, 0.3) is 0 Å². The topological polar surface area (TPSA) is 59.5 Å². The Hall–Kier alpha value is -1.59. The highest BCUT2D eigenvalue weighted by atomic mass is 79.9. The predicted octanol–water partition coefficient (Wildman–Crippen LogP) is 3.48. The molecule has 0 aliphatic rings. The van der Waals surface area contributed by atoms with Gasteiger partial charge in [-0.3, -0.25) is 4.79 Å². The third-order valence-electron chi connectivity index (χ3n) is 3.34. The van der Waals surface area contributed by atoms with Gasteiger partial charge in [0.25, 0.3) is 0 Å². The van der Waals surface area contributed by atoms with E-state index in [2.05, 4.69) is 15.9 Å². The van der Waals surface area contributed by atoms with E-state index in [-0.39, 0.29) is 11.9 Å². The summed E-state index contributed by atoms with van der Waals surface area (Å²) in [5.74, 6) is 0.819. The van der Waals surface area contributed by atoms with E-state index in [4.69, 9.17) is 10.2 Å². The van der Waals surface area contributed by atoms with Crippen molar-refractivity contribution >= 4 is 21.8 Å². The molecule has 4 nitrogen and oxygen atoms in total. The van der Waals surface area contributed by atoms with Crippen LogP contribution in [-0.4, -0.2) is 17.9 Å². The second kappa shape index (κ2) is 7.43. The molecule has 0 aliphatic heterocycles. The average molecular weight is 351 g/mol. The molecule has 2 aromatic rings. The Morgan fingerprint density at radius 3 is 2.62 bits per heavy atom. The number of furan rings is 1. The Kier molecular flexibility index (Phi) is 5.59. The van der Waals surface area contributed by atoms with Crippen molar-refractivity contribution in [2.24, 2.45) is 5.73 Å². The summed E-state index contributed by atoms with van der Waals surface area (Å²) in [6.07, 6.45) is 1.06. The second-order valence-corrected chi connectivity index (χ2v) is 5.79. The second-order valence-electron chi connectivity index (χ2n) is 5.01. The van der Waals surface area contributed by atoms with E-state index in [0.29, 0.717) is 24.1 Å². The Balaban J connectivity index is 1.81. The number of benzene rings is 1. The third kappa shape index (κ3) is 4.72. The standard InChI is InChI=1S/C16H19BrN2O2/c1-19(11-13-7-9-15(17)21-13)16(20)10-8-14(18)12-5-3-2-4-6-12/h2-7,9,14H,8,10-11,18H2,1H3. The molecule has 0 saturated heterocycles. The highest BCUT2D eigenvalue weighted by molar-refractivity contribution is 9.10. The van der Waals surface area contributed by atoms with Gasteiger partial charge < -0.3 is 15.1 Å². The van der Waals surface area contributed by atoms with E-state index in [1.807, 2.05) is 42.5 Å². The van der Waals surface area contributed by atoms with Crippen LogP contribution in [-0.2, 0) is 11.3 Å². The number of nitrogens with zero attached hydrogens (tertiary/aromatic N) is 1. The van der Waals surface area contributed by atoms with E-state index in [9.17, 15) is 4.79 Å². The molecule has 0 spiro atoms. The molecule has 1 amide bonds. The molecule has 1 aromatic carbocycles. The first-order valence-corrected chi connectivity index (χ1v) is 7.64. The predicted molar refractivity (Wildman–Crippen MR) is 85.5 cm³/mol. The van der Waals surface area contributed by atoms with Gasteiger partial charge in [0, 0.05) is 19.5 Å². The van der Waals surface area contributed by atoms with Crippen LogP contribution in [0, 0.1) is 0 Å². The summed E-state index contributed by atoms with van der Waals surface area (Å²) in [4.78, 5) is 13.8. The minimum Gasteiger partial charge on any atom is -0.452 e. The third-order valence-corrected chi connectivity index (χ3v) is 3.77. The largest absolute Gasteiger partial charge is 0.452 e. The lowest BCUT2D eigenvalue weighted by Gasteiger charge is -2.17. The maximum Gasteiger partial charge on any atom is 0.222 e. The Labute approximate surface area is 133 Å². The number of hydrogen-bond acceptors (Lipinski definition) is 3. The summed E-state index contributed by atoms with van der Waals surface area (Å²) >= 11 is 3.25. The zero-order chi connectivity index (χ0) is 15.2. The number of nitrogens with two attached hydrogens (primary N) is 1. The molecule has 1 unspecified atom stereocenters. The van der Waals surface area contributed by atoms with Crippen molar-refractivity contribution in [3.8, 4) is 0 Å². The summed E-state index contributed by atoms with van der Waals surface area (Å²) in [6, 6.07) is 13.4. The minimum atomic E-state index is -0.110. The van der Waals surface area contributed by atoms with Crippen LogP contribution >= 0.6 is 15.9 Å². The van der Waals surface area contributed by atoms with Crippen molar-refractivity contribution in [2.75, 3.05) is 7.05 Å². The minimum absolute atomic E-state index is 0.0638. The average Bonchev–Trinajstić information content (AvgIpc) is 2.90. The van der Waals surface area contributed by atoms with Crippen molar-refractivity contribution in [3.63, 3.8) is 0 Å². The zero-order valence-electron chi connectivity index (χ0n) is 12.0. The molecule has 21 heavy (non-hydrogen) atoms. The lowest BCUT2D eigenvalue weighted by atomic mass is 10.0. The van der Waals surface area contributed by atoms with Crippen LogP contribution in [0.1, 0.15) is 30.2 Å². The number of carbonyl (C=O) groups is 1. The van der Waals surface area contributed by atoms with Crippen LogP contribution in [0.3, 0.4) is 0 Å². The van der Waals surface area contributed by atoms with Crippen LogP contribution in [0.4, 0.5) is 0 Å². The molecule has 2 rings (SSSR count). The fourth-order valence-electron chi connectivity index (χ4n) is 2.10. The molecule has 0 bridgehead atoms. The van der Waals surface area contributed by atoms with Gasteiger partial charge in [-0.15, -0.1) is 0 Å². The fraction of sp³-hybridized carbons (Fsp3) is 0.312. The summed E-state index contributed by atoms with van der Waals surface area (Å²) in [7, 11) is 1.77. The zero-order valence-corrected chi connectivity index (χ0v) is 13.5. The Morgan fingerprint density at radius 1 is 1.29 bits per heavy atom. The van der Waals surface area contributed by atoms with Crippen LogP contribution in [0.2, 0.25) is 0 Å². The van der Waals surface area contributed by atoms with Crippen LogP contribution in [0.5, 0.6) is 0 Å². The van der Waals surface area contributed by atoms with Crippen molar-refractivity contribution in [2.45, 2.75) is 25.4 Å². The van der Waals surface area contributed by atoms with Crippen molar-refractivity contribution in [1.29, 1.82) is 0 Å². The van der Waals surface area contributed by atoms with Gasteiger partial charge in [0.2, 0.25) is 5.91 Å². The summed E-state index contributed by atoms with van der Waals surface area (Å²) in [6.45, 7) is 0.463. The van der Waals surface area contributed by atoms with Gasteiger partial charge in [-0.05, 0) is 40.0 Å². The van der Waals surface area contributed by atoms with E-state index in [1.165, 1.54) is 0 Å². The summed E-state index contributed by atoms with van der Waals surface area (Å²) in [5, 5.41) is 0. The van der Waals surface area contributed by atoms with Gasteiger partial charge >= 0.3 is 0 Å². The molecule has 1 atom stereocenters. The highest BCUT2D eigenvalue weighted by Crippen LogP contribution is 2.18. The van der Waals surface area contributed by atoms with Crippen LogP contribution < -0.4 is 5.73 Å². The van der Waals surface area contributed by atoms with E-state index < -0.39 is 0 Å². The number of hydrogen-bond donors (Lipinski definition) is 1. The number of halogens is 1. The van der Waals surface area contributed by atoms with Gasteiger partial charge in [-0.1, -0.05) is 30.3 Å². The number of carbonyl (C=O) groups excluding carboxylic acids is 1. The van der Waals surface area contributed by atoms with E-state index in [1.54, 1.807) is 11.9 Å². The molecule has 0 aliphatic carbocycles. The molecule has 0 fully saturated rings. The maximum atomic E-state index is 12.1. The number of amides is 1. The first-order chi connectivity index (χ1) is 10.1. The molecule has 0 saturated carbocycles. The van der Waals surface area contributed by atoms with Crippen LogP contribution in [0.15, 0.2) is 51.6 Å². The summed E-state index contributed by atoms with van der Waals surface area (Å²) in [5.41, 5.74) is 7.16. The lowest BCUT2D eigenvalue weighted by Crippen LogP contribution is -2.26. The molecule has 1 aromatic heterocycles. The highest BCUT2D eigenvalue weighted by Gasteiger charge is 2.14. The van der Waals surface area contributed by atoms with Gasteiger partial charge in [-0.25, -0.2) is 0 Å². The summed E-state index contributed by atoms with van der Waals surface area (Å²) < 4.78 is 6.07. The molecular weight excluding hydrogens is 332 g/mol. The molecule has 5 heteroatoms. The molecule has 0 radical (unpaired) electrons. The normalized spacial score (nSPS) is 12.1. The van der Waals surface area contributed by atoms with Gasteiger partial charge in [0.15, 0.2) is 4.67 Å². The maximum absolute atomic E-state index is 12.1. The molecule has 2 N–H and O–H groups in total. The van der Waals surface area contributed by atoms with Crippen molar-refractivity contribution in [1.82, 2.24) is 4.90 Å². The number of rotatable bonds is 6. The first kappa shape index (κ1) is 15.8. The van der Waals surface area contributed by atoms with Crippen molar-refractivity contribution in [3.05, 3.63) is 58.5 Å².